The van der Waals surface area contributed by atoms with Crippen molar-refractivity contribution >= 4 is 17.7 Å². The zero-order valence-electron chi connectivity index (χ0n) is 39.0. The Morgan fingerprint density at radius 2 is 1.47 bits per heavy atom. The highest BCUT2D eigenvalue weighted by atomic mass is 16.9. The van der Waals surface area contributed by atoms with Gasteiger partial charge < -0.3 is 38.6 Å². The SMILES string of the molecule is C=C(C)C12OC3(C=CC=CCCCCC)OC1C1C4OC4(COC(=O)CCCCCCCCCCCCCCC)C(O)C4(O)C(=O)C(C)=CC4C1(O3)C(C)C2OC(=O)c1ccccc1. The molecule has 64 heavy (non-hydrogen) atoms. The number of fused-ring (bicyclic) bond motifs is 3. The summed E-state index contributed by atoms with van der Waals surface area (Å²) in [5, 5.41) is 25.4. The Morgan fingerprint density at radius 3 is 2.11 bits per heavy atom. The minimum absolute atomic E-state index is 0.198. The number of Topliss-reactive ketones (excluding diaryl/α,β-unsaturated/α-hetero) is 1. The normalized spacial score (nSPS) is 36.7. The average Bonchev–Trinajstić information content (AvgIpc) is 3.90. The molecule has 5 fully saturated rings. The van der Waals surface area contributed by atoms with Gasteiger partial charge in [-0.15, -0.1) is 0 Å². The first-order valence-electron chi connectivity index (χ1n) is 24.6. The van der Waals surface area contributed by atoms with Crippen molar-refractivity contribution in [1.82, 2.24) is 0 Å². The molecule has 3 aliphatic heterocycles. The van der Waals surface area contributed by atoms with E-state index in [1.165, 1.54) is 57.8 Å². The molecule has 352 valence electrons. The molecular weight excluding hydrogens is 813 g/mol. The van der Waals surface area contributed by atoms with E-state index in [0.717, 1.165) is 44.9 Å². The molecule has 2 saturated carbocycles. The van der Waals surface area contributed by atoms with Gasteiger partial charge >= 0.3 is 17.9 Å². The van der Waals surface area contributed by atoms with Gasteiger partial charge in [-0.25, -0.2) is 4.79 Å². The van der Waals surface area contributed by atoms with Gasteiger partial charge in [-0.05, 0) is 56.4 Å². The van der Waals surface area contributed by atoms with Gasteiger partial charge in [-0.1, -0.05) is 160 Å². The van der Waals surface area contributed by atoms with Crippen molar-refractivity contribution in [3.63, 3.8) is 0 Å². The molecule has 0 spiro atoms. The van der Waals surface area contributed by atoms with Crippen LogP contribution in [0, 0.1) is 17.8 Å². The zero-order chi connectivity index (χ0) is 45.8. The molecule has 0 amide bonds. The van der Waals surface area contributed by atoms with Crippen molar-refractivity contribution in [1.29, 1.82) is 0 Å². The summed E-state index contributed by atoms with van der Waals surface area (Å²) < 4.78 is 40.2. The third-order valence-electron chi connectivity index (χ3n) is 15.2. The quantitative estimate of drug-likeness (QED) is 0.0318. The number of carbonyl (C=O) groups excluding carboxylic acids is 3. The van der Waals surface area contributed by atoms with E-state index >= 15 is 0 Å². The molecule has 6 aliphatic rings. The molecular formula is C53H74O11. The van der Waals surface area contributed by atoms with E-state index in [-0.39, 0.29) is 12.0 Å². The van der Waals surface area contributed by atoms with E-state index in [1.807, 2.05) is 19.1 Å². The topological polar surface area (TPSA) is 150 Å². The Kier molecular flexibility index (Phi) is 15.3. The van der Waals surface area contributed by atoms with Crippen molar-refractivity contribution in [3.8, 4) is 0 Å². The largest absolute Gasteiger partial charge is 0.462 e. The fraction of sp³-hybridized carbons (Fsp3) is 0.679. The smallest absolute Gasteiger partial charge is 0.338 e. The number of hydrogen-bond acceptors (Lipinski definition) is 11. The number of aliphatic hydroxyl groups is 2. The number of ether oxygens (including phenoxy) is 6. The Morgan fingerprint density at radius 1 is 0.844 bits per heavy atom. The van der Waals surface area contributed by atoms with Gasteiger partial charge in [0.25, 0.3) is 0 Å². The van der Waals surface area contributed by atoms with Crippen molar-refractivity contribution in [3.05, 3.63) is 84.0 Å². The molecule has 12 unspecified atom stereocenters. The Labute approximate surface area is 381 Å². The molecule has 11 nitrogen and oxygen atoms in total. The van der Waals surface area contributed by atoms with E-state index in [1.54, 1.807) is 56.3 Å². The summed E-state index contributed by atoms with van der Waals surface area (Å²) >= 11 is 0. The molecule has 0 radical (unpaired) electrons. The average molecular weight is 887 g/mol. The molecule has 0 aromatic heterocycles. The molecule has 3 bridgehead atoms. The predicted molar refractivity (Wildman–Crippen MR) is 243 cm³/mol. The standard InChI is InChI=1S/C53H74O11/c1-7-9-11-13-15-16-17-18-19-20-21-23-28-32-41(54)59-35-49-45(61-49)42-46-52(36(3)4)44(60-47(56)39-30-26-25-27-31-39)38(6)53(42,40-34-37(5)43(55)51(40,58)48(49)57)64-50(62-46,63-52)33-29-24-22-14-12-10-8-2/h22,24-27,29-31,33-34,38,40,42,44-46,48,57-58H,3,7-21,23,28,32,35H2,1-2,4-6H3. The van der Waals surface area contributed by atoms with E-state index < -0.39 is 94.9 Å². The van der Waals surface area contributed by atoms with Gasteiger partial charge in [-0.2, -0.15) is 0 Å². The second kappa shape index (κ2) is 20.2. The molecule has 12 atom stereocenters. The van der Waals surface area contributed by atoms with Crippen LogP contribution in [0.4, 0.5) is 0 Å². The maximum Gasteiger partial charge on any atom is 0.338 e. The lowest BCUT2D eigenvalue weighted by Crippen LogP contribution is -2.76. The Bertz CT molecular complexity index is 1920. The van der Waals surface area contributed by atoms with Gasteiger partial charge in [0.2, 0.25) is 0 Å². The van der Waals surface area contributed by atoms with Crippen molar-refractivity contribution < 1.29 is 53.0 Å². The second-order valence-corrected chi connectivity index (χ2v) is 19.6. The summed E-state index contributed by atoms with van der Waals surface area (Å²) in [6.07, 6.45) is 24.0. The van der Waals surface area contributed by atoms with Gasteiger partial charge in [-0.3, -0.25) is 9.59 Å². The van der Waals surface area contributed by atoms with Gasteiger partial charge in [0.15, 0.2) is 22.6 Å². The van der Waals surface area contributed by atoms with Gasteiger partial charge in [0.1, 0.15) is 31.0 Å². The van der Waals surface area contributed by atoms with E-state index in [9.17, 15) is 24.6 Å². The van der Waals surface area contributed by atoms with Gasteiger partial charge in [0, 0.05) is 30.3 Å². The molecule has 11 heteroatoms. The first kappa shape index (κ1) is 48.5. The molecule has 2 N–H and O–H groups in total. The number of allylic oxidation sites excluding steroid dienone is 3. The van der Waals surface area contributed by atoms with Gasteiger partial charge in [0.05, 0.1) is 11.2 Å². The van der Waals surface area contributed by atoms with Crippen molar-refractivity contribution in [2.45, 2.75) is 203 Å². The summed E-state index contributed by atoms with van der Waals surface area (Å²) in [5.74, 6) is -6.43. The van der Waals surface area contributed by atoms with Crippen LogP contribution in [0.1, 0.15) is 161 Å². The summed E-state index contributed by atoms with van der Waals surface area (Å²) in [7, 11) is 0. The number of esters is 2. The van der Waals surface area contributed by atoms with Crippen LogP contribution in [0.5, 0.6) is 0 Å². The highest BCUT2D eigenvalue weighted by Gasteiger charge is 2.90. The lowest BCUT2D eigenvalue weighted by atomic mass is 9.53. The Hall–Kier alpha value is -3.45. The number of hydrogen-bond donors (Lipinski definition) is 2. The van der Waals surface area contributed by atoms with Crippen molar-refractivity contribution in [2.75, 3.05) is 6.61 Å². The van der Waals surface area contributed by atoms with Crippen LogP contribution in [0.2, 0.25) is 0 Å². The fourth-order valence-electron chi connectivity index (χ4n) is 11.8. The third kappa shape index (κ3) is 8.67. The molecule has 3 heterocycles. The zero-order valence-corrected chi connectivity index (χ0v) is 39.0. The number of carbonyl (C=O) groups is 3. The fourth-order valence-corrected chi connectivity index (χ4v) is 11.8. The number of unbranched alkanes of at least 4 members (excludes halogenated alkanes) is 15. The summed E-state index contributed by atoms with van der Waals surface area (Å²) in [5.41, 5.74) is -6.20. The monoisotopic (exact) mass is 887 g/mol. The maximum atomic E-state index is 14.4. The lowest BCUT2D eigenvalue weighted by molar-refractivity contribution is -0.407. The van der Waals surface area contributed by atoms with Crippen LogP contribution in [0.15, 0.2) is 78.4 Å². The molecule has 3 saturated heterocycles. The number of rotatable bonds is 25. The van der Waals surface area contributed by atoms with Crippen LogP contribution >= 0.6 is 0 Å². The first-order chi connectivity index (χ1) is 30.8. The minimum Gasteiger partial charge on any atom is -0.462 e. The summed E-state index contributed by atoms with van der Waals surface area (Å²) in [6.45, 7) is 13.7. The molecule has 1 aromatic rings. The van der Waals surface area contributed by atoms with Crippen LogP contribution in [-0.2, 0) is 38.0 Å². The number of benzene rings is 1. The van der Waals surface area contributed by atoms with E-state index in [2.05, 4.69) is 26.5 Å². The summed E-state index contributed by atoms with van der Waals surface area (Å²) in [4.78, 5) is 41.8. The van der Waals surface area contributed by atoms with E-state index in [0.29, 0.717) is 17.6 Å². The molecule has 1 aromatic carbocycles. The highest BCUT2D eigenvalue weighted by molar-refractivity contribution is 6.05. The third-order valence-corrected chi connectivity index (χ3v) is 15.2. The number of aliphatic hydroxyl groups excluding tert-OH is 1. The van der Waals surface area contributed by atoms with Crippen LogP contribution in [-0.4, -0.2) is 87.3 Å². The predicted octanol–water partition coefficient (Wildman–Crippen LogP) is 9.74. The lowest BCUT2D eigenvalue weighted by Gasteiger charge is -2.61. The van der Waals surface area contributed by atoms with Crippen LogP contribution < -0.4 is 0 Å². The highest BCUT2D eigenvalue weighted by Crippen LogP contribution is 2.73. The van der Waals surface area contributed by atoms with Crippen LogP contribution in [0.3, 0.4) is 0 Å². The van der Waals surface area contributed by atoms with Crippen LogP contribution in [0.25, 0.3) is 0 Å². The summed E-state index contributed by atoms with van der Waals surface area (Å²) in [6, 6.07) is 8.63. The maximum absolute atomic E-state index is 14.4. The Balaban J connectivity index is 1.13. The molecule has 3 aliphatic carbocycles. The minimum atomic E-state index is -2.47. The molecule has 7 rings (SSSR count). The van der Waals surface area contributed by atoms with Crippen molar-refractivity contribution in [2.24, 2.45) is 17.8 Å². The van der Waals surface area contributed by atoms with E-state index in [4.69, 9.17) is 28.4 Å². The second-order valence-electron chi connectivity index (χ2n) is 19.6. The number of ketones is 1. The number of epoxide rings is 1. The first-order valence-corrected chi connectivity index (χ1v) is 24.6.